The third kappa shape index (κ3) is 5.15. The van der Waals surface area contributed by atoms with Crippen molar-refractivity contribution in [3.05, 3.63) is 78.4 Å². The van der Waals surface area contributed by atoms with E-state index in [1.54, 1.807) is 29.3 Å². The number of nitrogens with zero attached hydrogens (tertiary/aromatic N) is 3. The van der Waals surface area contributed by atoms with Crippen molar-refractivity contribution >= 4 is 17.7 Å². The molecule has 1 atom stereocenters. The van der Waals surface area contributed by atoms with Crippen molar-refractivity contribution in [2.45, 2.75) is 17.5 Å². The van der Waals surface area contributed by atoms with Gasteiger partial charge in [-0.3, -0.25) is 4.79 Å². The molecule has 1 N–H and O–H groups in total. The third-order valence-corrected chi connectivity index (χ3v) is 4.55. The van der Waals surface area contributed by atoms with Crippen LogP contribution in [0.15, 0.2) is 71.9 Å². The van der Waals surface area contributed by atoms with Crippen molar-refractivity contribution in [3.63, 3.8) is 0 Å². The molecule has 0 radical (unpaired) electrons. The van der Waals surface area contributed by atoms with Crippen molar-refractivity contribution in [2.24, 2.45) is 0 Å². The van der Waals surface area contributed by atoms with Crippen molar-refractivity contribution < 1.29 is 9.18 Å². The van der Waals surface area contributed by atoms with Crippen LogP contribution in [0, 0.1) is 5.82 Å². The maximum atomic E-state index is 12.9. The minimum atomic E-state index is -0.287. The van der Waals surface area contributed by atoms with E-state index in [1.165, 1.54) is 23.9 Å². The van der Waals surface area contributed by atoms with E-state index in [0.29, 0.717) is 6.54 Å². The smallest absolute Gasteiger partial charge is 0.230 e. The zero-order chi connectivity index (χ0) is 17.5. The van der Waals surface area contributed by atoms with Crippen molar-refractivity contribution in [3.8, 4) is 0 Å². The molecule has 0 fully saturated rings. The summed E-state index contributed by atoms with van der Waals surface area (Å²) in [4.78, 5) is 14.7. The fourth-order valence-corrected chi connectivity index (χ4v) is 3.05. The molecule has 5 nitrogen and oxygen atoms in total. The average Bonchev–Trinajstić information content (AvgIpc) is 3.15. The van der Waals surface area contributed by atoms with Gasteiger partial charge in [0, 0.05) is 4.90 Å². The standard InChI is InChI=1S/C18H17FN4OS/c19-15-6-8-16(9-7-15)25-13-18(24)22-17(12-23-20-10-11-21-23)14-4-2-1-3-5-14/h1-11,17H,12-13H2,(H,22,24)/t17-/m0/s1. The predicted octanol–water partition coefficient (Wildman–Crippen LogP) is 3.07. The molecular weight excluding hydrogens is 339 g/mol. The van der Waals surface area contributed by atoms with Crippen LogP contribution in [0.1, 0.15) is 11.6 Å². The second kappa shape index (κ2) is 8.43. The Balaban J connectivity index is 1.62. The minimum Gasteiger partial charge on any atom is -0.347 e. The number of hydrogen-bond acceptors (Lipinski definition) is 4. The van der Waals surface area contributed by atoms with Crippen LogP contribution in [0.5, 0.6) is 0 Å². The number of hydrogen-bond donors (Lipinski definition) is 1. The van der Waals surface area contributed by atoms with Gasteiger partial charge in [0.15, 0.2) is 0 Å². The molecule has 3 aromatic rings. The topological polar surface area (TPSA) is 59.8 Å². The summed E-state index contributed by atoms with van der Waals surface area (Å²) in [6.07, 6.45) is 3.21. The fourth-order valence-electron chi connectivity index (χ4n) is 2.34. The Morgan fingerprint density at radius 2 is 1.76 bits per heavy atom. The molecule has 1 aromatic heterocycles. The molecule has 0 saturated carbocycles. The van der Waals surface area contributed by atoms with E-state index < -0.39 is 0 Å². The summed E-state index contributed by atoms with van der Waals surface area (Å²) >= 11 is 1.37. The predicted molar refractivity (Wildman–Crippen MR) is 94.5 cm³/mol. The zero-order valence-corrected chi connectivity index (χ0v) is 14.2. The number of aromatic nitrogens is 3. The van der Waals surface area contributed by atoms with Gasteiger partial charge >= 0.3 is 0 Å². The number of benzene rings is 2. The van der Waals surface area contributed by atoms with Crippen molar-refractivity contribution in [2.75, 3.05) is 5.75 Å². The van der Waals surface area contributed by atoms with Gasteiger partial charge < -0.3 is 5.32 Å². The molecule has 1 heterocycles. The Morgan fingerprint density at radius 1 is 1.08 bits per heavy atom. The van der Waals surface area contributed by atoms with Crippen LogP contribution in [-0.2, 0) is 11.3 Å². The van der Waals surface area contributed by atoms with Crippen LogP contribution < -0.4 is 5.32 Å². The molecule has 3 rings (SSSR count). The first-order valence-electron chi connectivity index (χ1n) is 7.77. The molecule has 1 amide bonds. The molecular formula is C18H17FN4OS. The van der Waals surface area contributed by atoms with Gasteiger partial charge in [-0.25, -0.2) is 4.39 Å². The summed E-state index contributed by atoms with van der Waals surface area (Å²) in [5.74, 6) is -0.137. The number of rotatable bonds is 7. The van der Waals surface area contributed by atoms with E-state index in [1.807, 2.05) is 30.3 Å². The summed E-state index contributed by atoms with van der Waals surface area (Å²) in [6.45, 7) is 0.448. The van der Waals surface area contributed by atoms with Crippen LogP contribution >= 0.6 is 11.8 Å². The lowest BCUT2D eigenvalue weighted by molar-refractivity contribution is -0.119. The summed E-state index contributed by atoms with van der Waals surface area (Å²) in [6, 6.07) is 15.6. The molecule has 25 heavy (non-hydrogen) atoms. The van der Waals surface area contributed by atoms with Crippen LogP contribution in [0.2, 0.25) is 0 Å². The lowest BCUT2D eigenvalue weighted by Crippen LogP contribution is -2.33. The Morgan fingerprint density at radius 3 is 2.44 bits per heavy atom. The molecule has 0 saturated heterocycles. The molecule has 0 bridgehead atoms. The Kier molecular flexibility index (Phi) is 5.79. The zero-order valence-electron chi connectivity index (χ0n) is 13.4. The number of carbonyl (C=O) groups is 1. The highest BCUT2D eigenvalue weighted by molar-refractivity contribution is 8.00. The van der Waals surface area contributed by atoms with Crippen LogP contribution in [0.3, 0.4) is 0 Å². The molecule has 0 unspecified atom stereocenters. The molecule has 0 spiro atoms. The minimum absolute atomic E-state index is 0.102. The quantitative estimate of drug-likeness (QED) is 0.661. The second-order valence-corrected chi connectivity index (χ2v) is 6.41. The SMILES string of the molecule is O=C(CSc1ccc(F)cc1)N[C@@H](Cn1nccn1)c1ccccc1. The number of amides is 1. The second-order valence-electron chi connectivity index (χ2n) is 5.36. The van der Waals surface area contributed by atoms with E-state index in [4.69, 9.17) is 0 Å². The lowest BCUT2D eigenvalue weighted by atomic mass is 10.1. The first kappa shape index (κ1) is 17.2. The average molecular weight is 356 g/mol. The van der Waals surface area contributed by atoms with E-state index in [0.717, 1.165) is 10.5 Å². The van der Waals surface area contributed by atoms with Gasteiger partial charge in [0.2, 0.25) is 5.91 Å². The third-order valence-electron chi connectivity index (χ3n) is 3.53. The molecule has 0 aliphatic rings. The number of halogens is 1. The highest BCUT2D eigenvalue weighted by atomic mass is 32.2. The fraction of sp³-hybridized carbons (Fsp3) is 0.167. The number of nitrogens with one attached hydrogen (secondary N) is 1. The Hall–Kier alpha value is -2.67. The van der Waals surface area contributed by atoms with Crippen LogP contribution in [0.25, 0.3) is 0 Å². The van der Waals surface area contributed by atoms with Crippen molar-refractivity contribution in [1.82, 2.24) is 20.3 Å². The van der Waals surface area contributed by atoms with E-state index in [-0.39, 0.29) is 23.5 Å². The van der Waals surface area contributed by atoms with Gasteiger partial charge in [-0.05, 0) is 29.8 Å². The lowest BCUT2D eigenvalue weighted by Gasteiger charge is -2.18. The van der Waals surface area contributed by atoms with Crippen LogP contribution in [0.4, 0.5) is 4.39 Å². The first-order valence-corrected chi connectivity index (χ1v) is 8.76. The van der Waals surface area contributed by atoms with E-state index in [2.05, 4.69) is 15.5 Å². The summed E-state index contributed by atoms with van der Waals surface area (Å²) in [5, 5.41) is 11.2. The van der Waals surface area contributed by atoms with E-state index in [9.17, 15) is 9.18 Å². The van der Waals surface area contributed by atoms with Gasteiger partial charge in [0.1, 0.15) is 5.82 Å². The van der Waals surface area contributed by atoms with Crippen molar-refractivity contribution in [1.29, 1.82) is 0 Å². The number of thioether (sulfide) groups is 1. The van der Waals surface area contributed by atoms with E-state index >= 15 is 0 Å². The molecule has 2 aromatic carbocycles. The summed E-state index contributed by atoms with van der Waals surface area (Å²) in [5.41, 5.74) is 0.986. The van der Waals surface area contributed by atoms with Gasteiger partial charge in [-0.15, -0.1) is 11.8 Å². The summed E-state index contributed by atoms with van der Waals surface area (Å²) in [7, 11) is 0. The van der Waals surface area contributed by atoms with Gasteiger partial charge in [-0.1, -0.05) is 30.3 Å². The maximum Gasteiger partial charge on any atom is 0.230 e. The summed E-state index contributed by atoms with van der Waals surface area (Å²) < 4.78 is 12.9. The Labute approximate surface area is 149 Å². The molecule has 7 heteroatoms. The molecule has 128 valence electrons. The largest absolute Gasteiger partial charge is 0.347 e. The monoisotopic (exact) mass is 356 g/mol. The molecule has 0 aliphatic heterocycles. The first-order chi connectivity index (χ1) is 12.2. The van der Waals surface area contributed by atoms with Gasteiger partial charge in [0.05, 0.1) is 30.7 Å². The highest BCUT2D eigenvalue weighted by Crippen LogP contribution is 2.19. The maximum absolute atomic E-state index is 12.9. The van der Waals surface area contributed by atoms with Gasteiger partial charge in [0.25, 0.3) is 0 Å². The number of carbonyl (C=O) groups excluding carboxylic acids is 1. The molecule has 0 aliphatic carbocycles. The highest BCUT2D eigenvalue weighted by Gasteiger charge is 2.16. The van der Waals surface area contributed by atoms with Gasteiger partial charge in [-0.2, -0.15) is 15.0 Å². The van der Waals surface area contributed by atoms with Crippen LogP contribution in [-0.4, -0.2) is 26.7 Å². The Bertz CT molecular complexity index is 794. The normalized spacial score (nSPS) is 11.9.